The van der Waals surface area contributed by atoms with E-state index in [4.69, 9.17) is 9.47 Å². The molecule has 1 unspecified atom stereocenters. The molecule has 2 heterocycles. The van der Waals surface area contributed by atoms with E-state index < -0.39 is 5.72 Å². The molecule has 0 radical (unpaired) electrons. The number of fused-ring (bicyclic) bond motifs is 4. The first-order valence-electron chi connectivity index (χ1n) is 12.1. The van der Waals surface area contributed by atoms with Gasteiger partial charge in [0.05, 0.1) is 18.3 Å². The van der Waals surface area contributed by atoms with Crippen molar-refractivity contribution in [2.75, 3.05) is 18.1 Å². The highest BCUT2D eigenvalue weighted by atomic mass is 79.9. The zero-order chi connectivity index (χ0) is 25.3. The molecule has 0 aliphatic carbocycles. The lowest BCUT2D eigenvalue weighted by atomic mass is 9.89. The second-order valence-electron chi connectivity index (χ2n) is 9.11. The third-order valence-corrected chi connectivity index (χ3v) is 7.07. The molecule has 0 aromatic heterocycles. The van der Waals surface area contributed by atoms with Crippen LogP contribution in [0.4, 0.5) is 10.5 Å². The van der Waals surface area contributed by atoms with Crippen molar-refractivity contribution < 1.29 is 19.1 Å². The van der Waals surface area contributed by atoms with Crippen molar-refractivity contribution in [3.63, 3.8) is 0 Å². The molecule has 1 saturated heterocycles. The van der Waals surface area contributed by atoms with Gasteiger partial charge in [-0.2, -0.15) is 0 Å². The molecule has 5 rings (SSSR count). The third-order valence-electron chi connectivity index (χ3n) is 6.54. The highest BCUT2D eigenvalue weighted by Gasteiger charge is 2.50. The van der Waals surface area contributed by atoms with Crippen molar-refractivity contribution >= 4 is 33.6 Å². The molecular weight excluding hydrogens is 522 g/mol. The summed E-state index contributed by atoms with van der Waals surface area (Å²) in [6, 6.07) is 20.4. The molecule has 2 N–H and O–H groups in total. The summed E-state index contributed by atoms with van der Waals surface area (Å²) in [7, 11) is 0. The Labute approximate surface area is 218 Å². The number of carbonyl (C=O) groups is 2. The minimum absolute atomic E-state index is 0.187. The SMILES string of the molecule is CCOc1cccc2c1O[C@]1(C)CC2NC(=O)N1c1cccc(C(=O)NCCc2ccc(Br)cc2)c1. The average molecular weight is 550 g/mol. The molecule has 2 atom stereocenters. The van der Waals surface area contributed by atoms with Crippen molar-refractivity contribution in [2.24, 2.45) is 0 Å². The number of rotatable bonds is 7. The normalized spacial score (nSPS) is 20.1. The lowest BCUT2D eigenvalue weighted by Gasteiger charge is -2.50. The predicted octanol–water partition coefficient (Wildman–Crippen LogP) is 5.59. The number of anilines is 1. The van der Waals surface area contributed by atoms with Gasteiger partial charge in [-0.1, -0.05) is 46.3 Å². The van der Waals surface area contributed by atoms with Crippen LogP contribution in [-0.4, -0.2) is 30.8 Å². The molecule has 0 saturated carbocycles. The third kappa shape index (κ3) is 4.65. The maximum Gasteiger partial charge on any atom is 0.325 e. The molecular formula is C28H28BrN3O4. The monoisotopic (exact) mass is 549 g/mol. The summed E-state index contributed by atoms with van der Waals surface area (Å²) in [5.41, 5.74) is 2.18. The number of para-hydroxylation sites is 1. The first-order valence-corrected chi connectivity index (χ1v) is 12.9. The standard InChI is InChI=1S/C28H28BrN3O4/c1-3-35-24-9-5-8-22-23-17-28(2,36-25(22)24)32(27(34)31-23)21-7-4-6-19(16-21)26(33)30-15-14-18-10-12-20(29)13-11-18/h4-13,16,23H,3,14-15,17H2,1-2H3,(H,30,33)(H,31,34)/t23?,28-/m1/s1. The van der Waals surface area contributed by atoms with Gasteiger partial charge in [0.25, 0.3) is 5.91 Å². The number of nitrogens with one attached hydrogen (secondary N) is 2. The van der Waals surface area contributed by atoms with Crippen LogP contribution in [-0.2, 0) is 6.42 Å². The molecule has 8 heteroatoms. The van der Waals surface area contributed by atoms with E-state index in [9.17, 15) is 9.59 Å². The molecule has 2 aliphatic rings. The van der Waals surface area contributed by atoms with Crippen LogP contribution in [0.25, 0.3) is 0 Å². The van der Waals surface area contributed by atoms with E-state index in [1.165, 1.54) is 0 Å². The van der Waals surface area contributed by atoms with E-state index in [0.717, 1.165) is 22.0 Å². The predicted molar refractivity (Wildman–Crippen MR) is 142 cm³/mol. The molecule has 3 aromatic rings. The molecule has 7 nitrogen and oxygen atoms in total. The summed E-state index contributed by atoms with van der Waals surface area (Å²) < 4.78 is 13.3. The zero-order valence-corrected chi connectivity index (χ0v) is 21.8. The maximum absolute atomic E-state index is 13.3. The second-order valence-corrected chi connectivity index (χ2v) is 10.0. The first-order chi connectivity index (χ1) is 17.4. The number of carbonyl (C=O) groups excluding carboxylic acids is 2. The van der Waals surface area contributed by atoms with Crippen molar-refractivity contribution in [1.82, 2.24) is 10.6 Å². The highest BCUT2D eigenvalue weighted by Crippen LogP contribution is 2.49. The highest BCUT2D eigenvalue weighted by molar-refractivity contribution is 9.10. The van der Waals surface area contributed by atoms with Crippen LogP contribution in [0.15, 0.2) is 71.2 Å². The van der Waals surface area contributed by atoms with Gasteiger partial charge in [0, 0.05) is 28.6 Å². The fourth-order valence-corrected chi connectivity index (χ4v) is 5.14. The fraction of sp³-hybridized carbons (Fsp3) is 0.286. The molecule has 0 spiro atoms. The zero-order valence-electron chi connectivity index (χ0n) is 20.2. The Kier molecular flexibility index (Phi) is 6.62. The lowest BCUT2D eigenvalue weighted by Crippen LogP contribution is -2.65. The number of ether oxygens (including phenoxy) is 2. The summed E-state index contributed by atoms with van der Waals surface area (Å²) in [5, 5.41) is 6.07. The summed E-state index contributed by atoms with van der Waals surface area (Å²) in [5.74, 6) is 1.11. The molecule has 2 aliphatic heterocycles. The number of benzene rings is 3. The number of amides is 3. The van der Waals surface area contributed by atoms with Crippen molar-refractivity contribution in [1.29, 1.82) is 0 Å². The Hall–Kier alpha value is -3.52. The van der Waals surface area contributed by atoms with Gasteiger partial charge in [0.1, 0.15) is 0 Å². The number of hydrogen-bond acceptors (Lipinski definition) is 4. The Morgan fingerprint density at radius 2 is 1.97 bits per heavy atom. The number of urea groups is 1. The van der Waals surface area contributed by atoms with Gasteiger partial charge in [0.15, 0.2) is 17.2 Å². The number of nitrogens with zero attached hydrogens (tertiary/aromatic N) is 1. The Bertz CT molecular complexity index is 1300. The quantitative estimate of drug-likeness (QED) is 0.402. The van der Waals surface area contributed by atoms with E-state index in [2.05, 4.69) is 26.6 Å². The van der Waals surface area contributed by atoms with Crippen molar-refractivity contribution in [2.45, 2.75) is 38.5 Å². The topological polar surface area (TPSA) is 79.9 Å². The van der Waals surface area contributed by atoms with Crippen LogP contribution in [0.2, 0.25) is 0 Å². The van der Waals surface area contributed by atoms with Gasteiger partial charge in [-0.3, -0.25) is 9.69 Å². The Morgan fingerprint density at radius 3 is 2.75 bits per heavy atom. The maximum atomic E-state index is 13.3. The summed E-state index contributed by atoms with van der Waals surface area (Å²) in [6.07, 6.45) is 1.28. The van der Waals surface area contributed by atoms with Gasteiger partial charge in [-0.05, 0) is 62.2 Å². The van der Waals surface area contributed by atoms with Crippen LogP contribution in [0.5, 0.6) is 11.5 Å². The van der Waals surface area contributed by atoms with Crippen molar-refractivity contribution in [3.05, 3.63) is 87.9 Å². The minimum atomic E-state index is -0.941. The van der Waals surface area contributed by atoms with Gasteiger partial charge in [-0.25, -0.2) is 4.79 Å². The van der Waals surface area contributed by atoms with E-state index in [0.29, 0.717) is 42.3 Å². The molecule has 186 valence electrons. The fourth-order valence-electron chi connectivity index (χ4n) is 4.88. The Balaban J connectivity index is 1.35. The number of hydrogen-bond donors (Lipinski definition) is 2. The van der Waals surface area contributed by atoms with Crippen molar-refractivity contribution in [3.8, 4) is 11.5 Å². The summed E-state index contributed by atoms with van der Waals surface area (Å²) in [4.78, 5) is 27.8. The minimum Gasteiger partial charge on any atom is -0.490 e. The second kappa shape index (κ2) is 9.85. The van der Waals surface area contributed by atoms with Gasteiger partial charge < -0.3 is 20.1 Å². The van der Waals surface area contributed by atoms with Crippen LogP contribution in [0.1, 0.15) is 47.8 Å². The molecule has 2 bridgehead atoms. The van der Waals surface area contributed by atoms with Gasteiger partial charge >= 0.3 is 6.03 Å². The van der Waals surface area contributed by atoms with E-state index in [-0.39, 0.29) is 18.0 Å². The van der Waals surface area contributed by atoms with E-state index in [1.54, 1.807) is 23.1 Å². The smallest absolute Gasteiger partial charge is 0.325 e. The van der Waals surface area contributed by atoms with Crippen LogP contribution in [0.3, 0.4) is 0 Å². The van der Waals surface area contributed by atoms with Crippen LogP contribution >= 0.6 is 15.9 Å². The van der Waals surface area contributed by atoms with Gasteiger partial charge in [-0.15, -0.1) is 0 Å². The summed E-state index contributed by atoms with van der Waals surface area (Å²) in [6.45, 7) is 4.84. The molecule has 1 fully saturated rings. The molecule has 3 aromatic carbocycles. The average Bonchev–Trinajstić information content (AvgIpc) is 2.85. The van der Waals surface area contributed by atoms with E-state index >= 15 is 0 Å². The number of halogens is 1. The largest absolute Gasteiger partial charge is 0.490 e. The van der Waals surface area contributed by atoms with Crippen LogP contribution in [0, 0.1) is 0 Å². The van der Waals surface area contributed by atoms with E-state index in [1.807, 2.05) is 62.4 Å². The van der Waals surface area contributed by atoms with Crippen LogP contribution < -0.4 is 25.0 Å². The molecule has 3 amide bonds. The lowest BCUT2D eigenvalue weighted by molar-refractivity contribution is 0.0343. The summed E-state index contributed by atoms with van der Waals surface area (Å²) >= 11 is 3.43. The molecule has 36 heavy (non-hydrogen) atoms. The van der Waals surface area contributed by atoms with Gasteiger partial charge in [0.2, 0.25) is 0 Å². The first kappa shape index (κ1) is 24.2. The Morgan fingerprint density at radius 1 is 1.19 bits per heavy atom.